The first-order valence-corrected chi connectivity index (χ1v) is 7.37. The summed E-state index contributed by atoms with van der Waals surface area (Å²) in [5.41, 5.74) is 2.72. The molecule has 2 aromatic carbocycles. The van der Waals surface area contributed by atoms with Crippen LogP contribution in [0.4, 0.5) is 0 Å². The number of rotatable bonds is 5. The molecule has 0 saturated carbocycles. The summed E-state index contributed by atoms with van der Waals surface area (Å²) in [5, 5.41) is 3.02. The Kier molecular flexibility index (Phi) is 4.15. The fourth-order valence-corrected chi connectivity index (χ4v) is 2.66. The van der Waals surface area contributed by atoms with Crippen LogP contribution in [0.1, 0.15) is 36.6 Å². The number of carbonyl (C=O) groups excluding carboxylic acids is 3. The van der Waals surface area contributed by atoms with Crippen molar-refractivity contribution in [2.75, 3.05) is 6.54 Å². The molecule has 0 unspecified atom stereocenters. The minimum Gasteiger partial charge on any atom is -0.381 e. The Hall–Kier alpha value is -3.01. The molecule has 0 saturated heterocycles. The van der Waals surface area contributed by atoms with Gasteiger partial charge in [0.1, 0.15) is 6.29 Å². The topological polar surface area (TPSA) is 63.2 Å². The number of hydrogen-bond acceptors (Lipinski definition) is 4. The number of aldehydes is 1. The second-order valence-corrected chi connectivity index (χ2v) is 5.29. The maximum absolute atomic E-state index is 12.4. The lowest BCUT2D eigenvalue weighted by Gasteiger charge is -2.16. The first-order chi connectivity index (χ1) is 11.2. The highest BCUT2D eigenvalue weighted by Crippen LogP contribution is 2.19. The van der Waals surface area contributed by atoms with Crippen LogP contribution in [0.25, 0.3) is 0 Å². The van der Waals surface area contributed by atoms with E-state index in [-0.39, 0.29) is 11.6 Å². The number of hydrogen-bond donors (Lipinski definition) is 1. The third-order valence-electron chi connectivity index (χ3n) is 3.85. The van der Waals surface area contributed by atoms with E-state index >= 15 is 0 Å². The molecule has 0 spiro atoms. The minimum absolute atomic E-state index is 0.170. The van der Waals surface area contributed by atoms with E-state index in [1.165, 1.54) is 6.08 Å². The second kappa shape index (κ2) is 6.40. The molecule has 0 fully saturated rings. The van der Waals surface area contributed by atoms with Crippen molar-refractivity contribution in [3.63, 3.8) is 0 Å². The monoisotopic (exact) mass is 305 g/mol. The average Bonchev–Trinajstić information content (AvgIpc) is 2.59. The molecule has 0 bridgehead atoms. The van der Waals surface area contributed by atoms with Crippen LogP contribution in [0.15, 0.2) is 60.3 Å². The second-order valence-electron chi connectivity index (χ2n) is 5.29. The van der Waals surface area contributed by atoms with Crippen molar-refractivity contribution in [3.8, 4) is 0 Å². The summed E-state index contributed by atoms with van der Waals surface area (Å²) in [6.07, 6.45) is 2.76. The zero-order valence-corrected chi connectivity index (χ0v) is 12.4. The molecule has 0 atom stereocenters. The van der Waals surface area contributed by atoms with Crippen molar-refractivity contribution in [3.05, 3.63) is 82.6 Å². The van der Waals surface area contributed by atoms with E-state index in [1.807, 2.05) is 18.2 Å². The zero-order valence-electron chi connectivity index (χ0n) is 12.4. The smallest absolute Gasteiger partial charge is 0.209 e. The summed E-state index contributed by atoms with van der Waals surface area (Å²) in [7, 11) is 0. The molecular formula is C19H15NO3. The molecule has 114 valence electrons. The van der Waals surface area contributed by atoms with Gasteiger partial charge in [-0.1, -0.05) is 48.5 Å². The Balaban J connectivity index is 1.71. The number of fused-ring (bicyclic) bond motifs is 1. The number of ketones is 2. The molecule has 1 aliphatic carbocycles. The van der Waals surface area contributed by atoms with E-state index in [2.05, 4.69) is 5.32 Å². The molecule has 0 aliphatic heterocycles. The van der Waals surface area contributed by atoms with Gasteiger partial charge in [-0.05, 0) is 12.0 Å². The first-order valence-electron chi connectivity index (χ1n) is 7.37. The summed E-state index contributed by atoms with van der Waals surface area (Å²) < 4.78 is 0. The fraction of sp³-hybridized carbons (Fsp3) is 0.105. The van der Waals surface area contributed by atoms with Gasteiger partial charge in [0.2, 0.25) is 5.78 Å². The van der Waals surface area contributed by atoms with Gasteiger partial charge in [-0.2, -0.15) is 0 Å². The molecule has 3 rings (SSSR count). The van der Waals surface area contributed by atoms with E-state index in [1.54, 1.807) is 30.3 Å². The Morgan fingerprint density at radius 1 is 0.913 bits per heavy atom. The van der Waals surface area contributed by atoms with E-state index in [4.69, 9.17) is 0 Å². The summed E-state index contributed by atoms with van der Waals surface area (Å²) in [4.78, 5) is 35.4. The highest BCUT2D eigenvalue weighted by atomic mass is 16.1. The Morgan fingerprint density at radius 2 is 1.61 bits per heavy atom. The van der Waals surface area contributed by atoms with Gasteiger partial charge in [-0.15, -0.1) is 0 Å². The molecule has 0 amide bonds. The number of nitrogens with one attached hydrogen (secondary N) is 1. The van der Waals surface area contributed by atoms with Gasteiger partial charge >= 0.3 is 0 Å². The van der Waals surface area contributed by atoms with Crippen molar-refractivity contribution >= 4 is 17.9 Å². The maximum atomic E-state index is 12.4. The number of allylic oxidation sites excluding steroid dienone is 2. The Bertz CT molecular complexity index is 821. The lowest BCUT2D eigenvalue weighted by Crippen LogP contribution is -2.28. The lowest BCUT2D eigenvalue weighted by atomic mass is 9.92. The van der Waals surface area contributed by atoms with E-state index in [9.17, 15) is 14.4 Å². The minimum atomic E-state index is -0.177. The number of benzene rings is 2. The van der Waals surface area contributed by atoms with Gasteiger partial charge in [0.25, 0.3) is 0 Å². The van der Waals surface area contributed by atoms with Crippen molar-refractivity contribution in [2.24, 2.45) is 0 Å². The van der Waals surface area contributed by atoms with Crippen LogP contribution in [0.3, 0.4) is 0 Å². The van der Waals surface area contributed by atoms with Gasteiger partial charge in [0, 0.05) is 29.3 Å². The summed E-state index contributed by atoms with van der Waals surface area (Å²) in [5.74, 6) is -0.347. The van der Waals surface area contributed by atoms with Crippen LogP contribution in [0.2, 0.25) is 0 Å². The predicted molar refractivity (Wildman–Crippen MR) is 86.7 cm³/mol. The molecule has 23 heavy (non-hydrogen) atoms. The van der Waals surface area contributed by atoms with Crippen LogP contribution in [0, 0.1) is 0 Å². The van der Waals surface area contributed by atoms with E-state index in [0.29, 0.717) is 35.4 Å². The van der Waals surface area contributed by atoms with Gasteiger partial charge < -0.3 is 5.32 Å². The number of Topliss-reactive ketones (excluding diaryl/α,β-unsaturated/α-hetero) is 1. The first kappa shape index (κ1) is 14.9. The van der Waals surface area contributed by atoms with Crippen molar-refractivity contribution < 1.29 is 14.4 Å². The highest BCUT2D eigenvalue weighted by Gasteiger charge is 2.24. The van der Waals surface area contributed by atoms with Crippen LogP contribution in [-0.2, 0) is 6.42 Å². The molecule has 0 heterocycles. The van der Waals surface area contributed by atoms with Crippen molar-refractivity contribution in [2.45, 2.75) is 6.42 Å². The maximum Gasteiger partial charge on any atom is 0.209 e. The van der Waals surface area contributed by atoms with Crippen LogP contribution in [0.5, 0.6) is 0 Å². The Labute approximate surface area is 133 Å². The third kappa shape index (κ3) is 2.97. The lowest BCUT2D eigenvalue weighted by molar-refractivity contribution is 0.0978. The van der Waals surface area contributed by atoms with Gasteiger partial charge in [-0.25, -0.2) is 0 Å². The van der Waals surface area contributed by atoms with Gasteiger partial charge in [0.15, 0.2) is 5.78 Å². The number of carbonyl (C=O) groups is 3. The largest absolute Gasteiger partial charge is 0.381 e. The summed E-state index contributed by atoms with van der Waals surface area (Å²) >= 11 is 0. The van der Waals surface area contributed by atoms with Crippen LogP contribution in [-0.4, -0.2) is 24.4 Å². The SMILES string of the molecule is O=Cc1ccccc1CCNC1=CC(=O)c2ccccc2C1=O. The fourth-order valence-electron chi connectivity index (χ4n) is 2.66. The van der Waals surface area contributed by atoms with Crippen molar-refractivity contribution in [1.82, 2.24) is 5.32 Å². The third-order valence-corrected chi connectivity index (χ3v) is 3.85. The van der Waals surface area contributed by atoms with E-state index < -0.39 is 0 Å². The molecule has 0 aromatic heterocycles. The average molecular weight is 305 g/mol. The quantitative estimate of drug-likeness (QED) is 0.862. The molecule has 1 aliphatic rings. The zero-order chi connectivity index (χ0) is 16.2. The summed E-state index contributed by atoms with van der Waals surface area (Å²) in [6.45, 7) is 0.470. The Morgan fingerprint density at radius 3 is 2.39 bits per heavy atom. The van der Waals surface area contributed by atoms with Crippen LogP contribution >= 0.6 is 0 Å². The van der Waals surface area contributed by atoms with Crippen LogP contribution < -0.4 is 5.32 Å². The standard InChI is InChI=1S/C19H15NO3/c21-12-14-6-2-1-5-13(14)9-10-20-17-11-18(22)15-7-3-4-8-16(15)19(17)23/h1-8,11-12,20H,9-10H2. The molecule has 4 heteroatoms. The predicted octanol–water partition coefficient (Wildman–Crippen LogP) is 2.59. The molecule has 2 aromatic rings. The molecular weight excluding hydrogens is 290 g/mol. The van der Waals surface area contributed by atoms with Gasteiger partial charge in [0.05, 0.1) is 5.70 Å². The molecule has 1 N–H and O–H groups in total. The van der Waals surface area contributed by atoms with E-state index in [0.717, 1.165) is 11.8 Å². The highest BCUT2D eigenvalue weighted by molar-refractivity contribution is 6.24. The normalized spacial score (nSPS) is 13.3. The summed E-state index contributed by atoms with van der Waals surface area (Å²) in [6, 6.07) is 14.1. The van der Waals surface area contributed by atoms with Gasteiger partial charge in [-0.3, -0.25) is 14.4 Å². The molecule has 4 nitrogen and oxygen atoms in total. The van der Waals surface area contributed by atoms with Crippen molar-refractivity contribution in [1.29, 1.82) is 0 Å². The molecule has 0 radical (unpaired) electrons.